The number of pyridine rings is 1. The van der Waals surface area contributed by atoms with Gasteiger partial charge in [0.15, 0.2) is 0 Å². The predicted molar refractivity (Wildman–Crippen MR) is 112 cm³/mol. The summed E-state index contributed by atoms with van der Waals surface area (Å²) in [6.45, 7) is 0. The van der Waals surface area contributed by atoms with Gasteiger partial charge in [0.25, 0.3) is 0 Å². The zero-order valence-electron chi connectivity index (χ0n) is 14.7. The van der Waals surface area contributed by atoms with Gasteiger partial charge in [-0.1, -0.05) is 78.9 Å². The molecule has 0 aliphatic carbocycles. The standard InChI is InChI=1S/C24H20N2/c1-25-24-17-21(20-10-6-3-7-11-20)22-16-19(14-15-23(22)26-24)13-12-18-8-4-2-5-9-18/h2-17H,1H3,(H,25,26). The maximum absolute atomic E-state index is 4.70. The van der Waals surface area contributed by atoms with Gasteiger partial charge in [0.1, 0.15) is 5.82 Å². The number of benzene rings is 3. The molecule has 2 heteroatoms. The molecule has 126 valence electrons. The predicted octanol–water partition coefficient (Wildman–Crippen LogP) is 6.11. The Morgan fingerprint density at radius 3 is 2.15 bits per heavy atom. The summed E-state index contributed by atoms with van der Waals surface area (Å²) < 4.78 is 0. The molecule has 0 bridgehead atoms. The zero-order valence-corrected chi connectivity index (χ0v) is 14.7. The Morgan fingerprint density at radius 1 is 0.731 bits per heavy atom. The lowest BCUT2D eigenvalue weighted by Crippen LogP contribution is -1.94. The summed E-state index contributed by atoms with van der Waals surface area (Å²) in [7, 11) is 1.90. The summed E-state index contributed by atoms with van der Waals surface area (Å²) >= 11 is 0. The third-order valence-electron chi connectivity index (χ3n) is 4.44. The van der Waals surface area contributed by atoms with Crippen LogP contribution in [0.4, 0.5) is 5.82 Å². The number of nitrogens with zero attached hydrogens (tertiary/aromatic N) is 1. The van der Waals surface area contributed by atoms with Crippen molar-refractivity contribution in [2.24, 2.45) is 0 Å². The van der Waals surface area contributed by atoms with Crippen molar-refractivity contribution in [3.05, 3.63) is 96.1 Å². The minimum absolute atomic E-state index is 0.879. The van der Waals surface area contributed by atoms with E-state index < -0.39 is 0 Å². The van der Waals surface area contributed by atoms with Crippen LogP contribution in [-0.4, -0.2) is 12.0 Å². The molecule has 1 aromatic heterocycles. The van der Waals surface area contributed by atoms with E-state index in [9.17, 15) is 0 Å². The first kappa shape index (κ1) is 16.1. The number of rotatable bonds is 4. The molecule has 0 atom stereocenters. The minimum atomic E-state index is 0.879. The van der Waals surface area contributed by atoms with Crippen LogP contribution in [-0.2, 0) is 0 Å². The van der Waals surface area contributed by atoms with Crippen LogP contribution >= 0.6 is 0 Å². The fourth-order valence-corrected chi connectivity index (χ4v) is 3.09. The highest BCUT2D eigenvalue weighted by Gasteiger charge is 2.08. The van der Waals surface area contributed by atoms with Gasteiger partial charge in [-0.15, -0.1) is 0 Å². The molecule has 3 aromatic carbocycles. The van der Waals surface area contributed by atoms with Crippen LogP contribution in [0.15, 0.2) is 84.9 Å². The maximum atomic E-state index is 4.70. The number of aromatic nitrogens is 1. The molecule has 1 N–H and O–H groups in total. The molecule has 0 radical (unpaired) electrons. The molecule has 0 aliphatic heterocycles. The highest BCUT2D eigenvalue weighted by atomic mass is 15.0. The quantitative estimate of drug-likeness (QED) is 0.455. The number of nitrogens with one attached hydrogen (secondary N) is 1. The molecule has 0 saturated carbocycles. The second-order valence-corrected chi connectivity index (χ2v) is 6.19. The third-order valence-corrected chi connectivity index (χ3v) is 4.44. The van der Waals surface area contributed by atoms with E-state index in [1.54, 1.807) is 0 Å². The van der Waals surface area contributed by atoms with Crippen LogP contribution in [0.25, 0.3) is 34.2 Å². The van der Waals surface area contributed by atoms with E-state index in [1.807, 2.05) is 19.2 Å². The second kappa shape index (κ2) is 7.24. The van der Waals surface area contributed by atoms with Crippen molar-refractivity contribution in [3.63, 3.8) is 0 Å². The van der Waals surface area contributed by atoms with E-state index in [0.717, 1.165) is 22.3 Å². The van der Waals surface area contributed by atoms with Gasteiger partial charge in [-0.3, -0.25) is 0 Å². The van der Waals surface area contributed by atoms with Crippen molar-refractivity contribution in [1.82, 2.24) is 4.98 Å². The Bertz CT molecular complexity index is 1050. The molecule has 0 aliphatic rings. The summed E-state index contributed by atoms with van der Waals surface area (Å²) in [5.74, 6) is 0.879. The molecule has 0 amide bonds. The Labute approximate surface area is 153 Å². The van der Waals surface area contributed by atoms with Gasteiger partial charge in [0.05, 0.1) is 5.52 Å². The van der Waals surface area contributed by atoms with Crippen molar-refractivity contribution >= 4 is 28.9 Å². The average Bonchev–Trinajstić information content (AvgIpc) is 2.72. The van der Waals surface area contributed by atoms with Gasteiger partial charge >= 0.3 is 0 Å². The number of fused-ring (bicyclic) bond motifs is 1. The van der Waals surface area contributed by atoms with Crippen LogP contribution in [0, 0.1) is 0 Å². The van der Waals surface area contributed by atoms with Crippen molar-refractivity contribution < 1.29 is 0 Å². The molecule has 4 rings (SSSR count). The van der Waals surface area contributed by atoms with Crippen LogP contribution in [0.5, 0.6) is 0 Å². The van der Waals surface area contributed by atoms with Gasteiger partial charge in [-0.25, -0.2) is 4.98 Å². The summed E-state index contributed by atoms with van der Waals surface area (Å²) in [4.78, 5) is 4.70. The Kier molecular flexibility index (Phi) is 4.48. The molecule has 0 saturated heterocycles. The van der Waals surface area contributed by atoms with E-state index in [-0.39, 0.29) is 0 Å². The van der Waals surface area contributed by atoms with Crippen molar-refractivity contribution in [2.45, 2.75) is 0 Å². The summed E-state index contributed by atoms with van der Waals surface area (Å²) in [6.07, 6.45) is 4.29. The third kappa shape index (κ3) is 3.35. The number of hydrogen-bond donors (Lipinski definition) is 1. The number of hydrogen-bond acceptors (Lipinski definition) is 2. The van der Waals surface area contributed by atoms with Crippen molar-refractivity contribution in [1.29, 1.82) is 0 Å². The summed E-state index contributed by atoms with van der Waals surface area (Å²) in [6, 6.07) is 29.3. The Morgan fingerprint density at radius 2 is 1.42 bits per heavy atom. The Hall–Kier alpha value is -3.39. The summed E-state index contributed by atoms with van der Waals surface area (Å²) in [5, 5.41) is 4.32. The summed E-state index contributed by atoms with van der Waals surface area (Å²) in [5.41, 5.74) is 5.74. The first-order valence-corrected chi connectivity index (χ1v) is 8.74. The van der Waals surface area contributed by atoms with E-state index in [0.29, 0.717) is 0 Å². The smallest absolute Gasteiger partial charge is 0.127 e. The first-order chi connectivity index (χ1) is 12.8. The van der Waals surface area contributed by atoms with Crippen molar-refractivity contribution in [3.8, 4) is 11.1 Å². The lowest BCUT2D eigenvalue weighted by molar-refractivity contribution is 1.34. The SMILES string of the molecule is CNc1cc(-c2ccccc2)c2cc(C=Cc3ccccc3)ccc2n1. The van der Waals surface area contributed by atoms with E-state index >= 15 is 0 Å². The highest BCUT2D eigenvalue weighted by molar-refractivity contribution is 5.97. The van der Waals surface area contributed by atoms with Crippen molar-refractivity contribution in [2.75, 3.05) is 12.4 Å². The van der Waals surface area contributed by atoms with Gasteiger partial charge in [0.2, 0.25) is 0 Å². The van der Waals surface area contributed by atoms with Crippen LogP contribution < -0.4 is 5.32 Å². The van der Waals surface area contributed by atoms with Crippen LogP contribution in [0.1, 0.15) is 11.1 Å². The van der Waals surface area contributed by atoms with Gasteiger partial charge < -0.3 is 5.32 Å². The zero-order chi connectivity index (χ0) is 17.8. The normalized spacial score (nSPS) is 11.1. The average molecular weight is 336 g/mol. The van der Waals surface area contributed by atoms with Gasteiger partial charge in [-0.05, 0) is 40.5 Å². The Balaban J connectivity index is 1.83. The molecule has 26 heavy (non-hydrogen) atoms. The molecule has 1 heterocycles. The molecule has 0 fully saturated rings. The lowest BCUT2D eigenvalue weighted by atomic mass is 9.99. The molecular formula is C24H20N2. The van der Waals surface area contributed by atoms with E-state index in [2.05, 4.69) is 90.3 Å². The van der Waals surface area contributed by atoms with E-state index in [1.165, 1.54) is 16.7 Å². The van der Waals surface area contributed by atoms with Gasteiger partial charge in [-0.2, -0.15) is 0 Å². The van der Waals surface area contributed by atoms with Gasteiger partial charge in [0, 0.05) is 12.4 Å². The molecular weight excluding hydrogens is 316 g/mol. The fourth-order valence-electron chi connectivity index (χ4n) is 3.09. The minimum Gasteiger partial charge on any atom is -0.373 e. The molecule has 2 nitrogen and oxygen atoms in total. The highest BCUT2D eigenvalue weighted by Crippen LogP contribution is 2.31. The number of anilines is 1. The lowest BCUT2D eigenvalue weighted by Gasteiger charge is -2.10. The fraction of sp³-hybridized carbons (Fsp3) is 0.0417. The van der Waals surface area contributed by atoms with Crippen LogP contribution in [0.3, 0.4) is 0 Å². The monoisotopic (exact) mass is 336 g/mol. The maximum Gasteiger partial charge on any atom is 0.127 e. The molecule has 0 unspecified atom stereocenters. The largest absolute Gasteiger partial charge is 0.373 e. The first-order valence-electron chi connectivity index (χ1n) is 8.74. The molecule has 4 aromatic rings. The van der Waals surface area contributed by atoms with E-state index in [4.69, 9.17) is 4.98 Å². The second-order valence-electron chi connectivity index (χ2n) is 6.19. The topological polar surface area (TPSA) is 24.9 Å². The van der Waals surface area contributed by atoms with Crippen LogP contribution in [0.2, 0.25) is 0 Å². The molecule has 0 spiro atoms.